The summed E-state index contributed by atoms with van der Waals surface area (Å²) in [5.74, 6) is -0.192. The summed E-state index contributed by atoms with van der Waals surface area (Å²) in [6, 6.07) is 10.4. The monoisotopic (exact) mass is 263 g/mol. The highest BCUT2D eigenvalue weighted by Crippen LogP contribution is 2.29. The Morgan fingerprint density at radius 1 is 1.00 bits per heavy atom. The van der Waals surface area contributed by atoms with Crippen LogP contribution in [0.15, 0.2) is 41.2 Å². The smallest absolute Gasteiger partial charge is 0.215 e. The van der Waals surface area contributed by atoms with Crippen molar-refractivity contribution >= 4 is 32.4 Å². The van der Waals surface area contributed by atoms with Crippen LogP contribution < -0.4 is 10.8 Å². The van der Waals surface area contributed by atoms with Crippen molar-refractivity contribution in [1.82, 2.24) is 10.2 Å². The molecule has 0 atom stereocenters. The first-order valence-corrected chi connectivity index (χ1v) is 6.11. The van der Waals surface area contributed by atoms with Crippen molar-refractivity contribution in [2.24, 2.45) is 0 Å². The van der Waals surface area contributed by atoms with Gasteiger partial charge >= 0.3 is 0 Å². The van der Waals surface area contributed by atoms with Crippen LogP contribution in [-0.4, -0.2) is 15.3 Å². The lowest BCUT2D eigenvalue weighted by molar-refractivity contribution is 0.453. The quantitative estimate of drug-likeness (QED) is 0.334. The average molecular weight is 263 g/mol. The summed E-state index contributed by atoms with van der Waals surface area (Å²) in [6.07, 6.45) is 0. The summed E-state index contributed by atoms with van der Waals surface area (Å²) in [7, 11) is 0. The van der Waals surface area contributed by atoms with Gasteiger partial charge in [-0.25, -0.2) is 5.10 Å². The minimum atomic E-state index is -0.192. The van der Waals surface area contributed by atoms with Crippen LogP contribution in [-0.2, 0) is 0 Å². The maximum Gasteiger partial charge on any atom is 0.215 e. The fraction of sp³-hybridized carbons (Fsp3) is 0. The molecule has 0 radical (unpaired) electrons. The van der Waals surface area contributed by atoms with E-state index in [0.717, 1.165) is 5.39 Å². The van der Waals surface area contributed by atoms with Gasteiger partial charge in [0.15, 0.2) is 5.43 Å². The van der Waals surface area contributed by atoms with Gasteiger partial charge in [-0.15, -0.1) is 0 Å². The van der Waals surface area contributed by atoms with E-state index < -0.39 is 0 Å². The zero-order valence-electron chi connectivity index (χ0n) is 10.3. The Labute approximate surface area is 112 Å². The van der Waals surface area contributed by atoms with Gasteiger partial charge in [0.2, 0.25) is 5.88 Å². The number of nitrogens with zero attached hydrogens (tertiary/aromatic N) is 1. The molecular weight excluding hydrogens is 254 g/mol. The molecule has 4 aromatic rings. The second-order valence-corrected chi connectivity index (χ2v) is 4.71. The summed E-state index contributed by atoms with van der Waals surface area (Å²) >= 11 is 0. The summed E-state index contributed by atoms with van der Waals surface area (Å²) in [5, 5.41) is 27.3. The third kappa shape index (κ3) is 1.19. The van der Waals surface area contributed by atoms with Gasteiger partial charge in [0, 0.05) is 21.5 Å². The first kappa shape index (κ1) is 10.9. The van der Waals surface area contributed by atoms with Gasteiger partial charge in [-0.3, -0.25) is 4.79 Å². The van der Waals surface area contributed by atoms with Crippen molar-refractivity contribution < 1.29 is 5.11 Å². The molecule has 4 rings (SSSR count). The molecular formula is C15H9N3O2. The summed E-state index contributed by atoms with van der Waals surface area (Å²) in [4.78, 5) is 12.5. The molecule has 0 saturated carbocycles. The van der Waals surface area contributed by atoms with Gasteiger partial charge in [-0.1, -0.05) is 24.3 Å². The molecule has 0 aliphatic rings. The van der Waals surface area contributed by atoms with Crippen molar-refractivity contribution in [2.75, 3.05) is 0 Å². The second kappa shape index (κ2) is 3.54. The molecule has 0 aliphatic heterocycles. The molecule has 5 heteroatoms. The number of H-pyrrole nitrogens is 1. The third-order valence-corrected chi connectivity index (χ3v) is 3.62. The minimum absolute atomic E-state index is 0.106. The summed E-state index contributed by atoms with van der Waals surface area (Å²) < 4.78 is 0. The molecule has 0 saturated heterocycles. The number of benzene rings is 3. The topological polar surface area (TPSA) is 89.8 Å². The fourth-order valence-corrected chi connectivity index (χ4v) is 2.73. The Kier molecular flexibility index (Phi) is 1.93. The van der Waals surface area contributed by atoms with E-state index in [-0.39, 0.29) is 16.7 Å². The second-order valence-electron chi connectivity index (χ2n) is 4.71. The molecule has 0 amide bonds. The van der Waals surface area contributed by atoms with E-state index >= 15 is 0 Å². The van der Waals surface area contributed by atoms with Crippen LogP contribution in [0.25, 0.3) is 32.4 Å². The number of hydrogen-bond acceptors (Lipinski definition) is 4. The number of hydrogen-bond donors (Lipinski definition) is 3. The lowest BCUT2D eigenvalue weighted by Gasteiger charge is -2.08. The number of aromatic hydroxyl groups is 1. The summed E-state index contributed by atoms with van der Waals surface area (Å²) in [5.41, 5.74) is 0.489. The van der Waals surface area contributed by atoms with Gasteiger partial charge in [0.25, 0.3) is 0 Å². The maximum atomic E-state index is 12.5. The number of aromatic amines is 1. The predicted octanol–water partition coefficient (Wildman–Crippen LogP) is 1.85. The number of aromatic nitrogens is 2. The van der Waals surface area contributed by atoms with E-state index in [9.17, 15) is 9.90 Å². The van der Waals surface area contributed by atoms with Gasteiger partial charge in [-0.2, -0.15) is 5.10 Å². The van der Waals surface area contributed by atoms with Crippen molar-refractivity contribution in [2.45, 2.75) is 0 Å². The van der Waals surface area contributed by atoms with Gasteiger partial charge in [0.05, 0.1) is 10.7 Å². The molecule has 0 bridgehead atoms. The maximum absolute atomic E-state index is 12.5. The Hall–Kier alpha value is -2.95. The summed E-state index contributed by atoms with van der Waals surface area (Å²) in [6.45, 7) is 0. The molecule has 20 heavy (non-hydrogen) atoms. The largest absolute Gasteiger partial charge is 0.493 e. The van der Waals surface area contributed by atoms with Crippen molar-refractivity contribution in [3.05, 3.63) is 52.0 Å². The highest BCUT2D eigenvalue weighted by atomic mass is 16.3. The highest BCUT2D eigenvalue weighted by Gasteiger charge is 2.15. The zero-order chi connectivity index (χ0) is 13.9. The molecule has 96 valence electrons. The zero-order valence-corrected chi connectivity index (χ0v) is 10.3. The lowest BCUT2D eigenvalue weighted by atomic mass is 9.98. The van der Waals surface area contributed by atoms with Crippen LogP contribution >= 0.6 is 0 Å². The number of nitrogens with one attached hydrogen (secondary N) is 2. The van der Waals surface area contributed by atoms with Crippen LogP contribution in [0.1, 0.15) is 0 Å². The van der Waals surface area contributed by atoms with Gasteiger partial charge in [0.1, 0.15) is 5.52 Å². The third-order valence-electron chi connectivity index (χ3n) is 3.62. The van der Waals surface area contributed by atoms with E-state index in [1.54, 1.807) is 12.1 Å². The Bertz CT molecular complexity index is 1100. The molecule has 0 spiro atoms. The van der Waals surface area contributed by atoms with E-state index in [2.05, 4.69) is 10.2 Å². The SMILES string of the molecule is N=c1ccc2c(=O)c3ccccc3c3n[nH]c(O)c1c23. The Balaban J connectivity index is 2.54. The van der Waals surface area contributed by atoms with E-state index in [1.807, 2.05) is 18.2 Å². The lowest BCUT2D eigenvalue weighted by Crippen LogP contribution is -2.09. The van der Waals surface area contributed by atoms with E-state index in [4.69, 9.17) is 5.41 Å². The van der Waals surface area contributed by atoms with Crippen LogP contribution in [0.2, 0.25) is 0 Å². The van der Waals surface area contributed by atoms with Crippen LogP contribution in [0.3, 0.4) is 0 Å². The fourth-order valence-electron chi connectivity index (χ4n) is 2.73. The molecule has 0 aliphatic carbocycles. The van der Waals surface area contributed by atoms with E-state index in [0.29, 0.717) is 27.1 Å². The van der Waals surface area contributed by atoms with Crippen LogP contribution in [0.4, 0.5) is 0 Å². The average Bonchev–Trinajstić information content (AvgIpc) is 2.47. The molecule has 3 aromatic carbocycles. The molecule has 0 fully saturated rings. The van der Waals surface area contributed by atoms with Gasteiger partial charge in [-0.05, 0) is 12.1 Å². The normalized spacial score (nSPS) is 11.6. The van der Waals surface area contributed by atoms with Crippen LogP contribution in [0.5, 0.6) is 5.88 Å². The molecule has 1 aromatic heterocycles. The van der Waals surface area contributed by atoms with Gasteiger partial charge < -0.3 is 10.5 Å². The van der Waals surface area contributed by atoms with Crippen molar-refractivity contribution in [3.63, 3.8) is 0 Å². The van der Waals surface area contributed by atoms with Crippen molar-refractivity contribution in [3.8, 4) is 5.88 Å². The number of fused-ring (bicyclic) bond motifs is 2. The van der Waals surface area contributed by atoms with Crippen LogP contribution in [0, 0.1) is 5.41 Å². The highest BCUT2D eigenvalue weighted by molar-refractivity contribution is 6.19. The molecule has 3 N–H and O–H groups in total. The molecule has 5 nitrogen and oxygen atoms in total. The standard InChI is InChI=1S/C15H9N3O2/c16-10-6-5-9-11-12(10)15(20)18-17-13(11)7-3-1-2-4-8(7)14(9)19/h1-6,16,18,20H. The van der Waals surface area contributed by atoms with Crippen molar-refractivity contribution in [1.29, 1.82) is 5.41 Å². The first-order chi connectivity index (χ1) is 9.68. The molecule has 1 heterocycles. The Morgan fingerprint density at radius 2 is 1.75 bits per heavy atom. The molecule has 0 unspecified atom stereocenters. The Morgan fingerprint density at radius 3 is 2.55 bits per heavy atom. The first-order valence-electron chi connectivity index (χ1n) is 6.11. The predicted molar refractivity (Wildman–Crippen MR) is 76.1 cm³/mol. The van der Waals surface area contributed by atoms with E-state index in [1.165, 1.54) is 6.07 Å². The number of rotatable bonds is 0. The minimum Gasteiger partial charge on any atom is -0.493 e.